The fourth-order valence-electron chi connectivity index (χ4n) is 6.16. The van der Waals surface area contributed by atoms with Crippen LogP contribution in [0, 0.1) is 41.4 Å². The Morgan fingerprint density at radius 1 is 1.12 bits per heavy atom. The van der Waals surface area contributed by atoms with Crippen molar-refractivity contribution in [1.82, 2.24) is 0 Å². The highest BCUT2D eigenvalue weighted by Crippen LogP contribution is 2.37. The Balaban J connectivity index is 1.93. The van der Waals surface area contributed by atoms with E-state index in [0.29, 0.717) is 6.61 Å². The van der Waals surface area contributed by atoms with Crippen molar-refractivity contribution >= 4 is 12.1 Å². The number of rotatable bonds is 15. The van der Waals surface area contributed by atoms with Crippen LogP contribution >= 0.6 is 0 Å². The van der Waals surface area contributed by atoms with Crippen LogP contribution in [0.5, 0.6) is 0 Å². The second-order valence-corrected chi connectivity index (χ2v) is 12.5. The lowest BCUT2D eigenvalue weighted by molar-refractivity contribution is -0.179. The number of aliphatic hydroxyl groups excluding tert-OH is 3. The predicted molar refractivity (Wildman–Crippen MR) is 162 cm³/mol. The van der Waals surface area contributed by atoms with Crippen LogP contribution in [0.1, 0.15) is 61.3 Å². The van der Waals surface area contributed by atoms with Crippen molar-refractivity contribution in [1.29, 1.82) is 0 Å². The summed E-state index contributed by atoms with van der Waals surface area (Å²) in [5, 5.41) is 31.8. The summed E-state index contributed by atoms with van der Waals surface area (Å²) in [5.41, 5.74) is 6.49. The van der Waals surface area contributed by atoms with Gasteiger partial charge in [-0.15, -0.1) is 0 Å². The van der Waals surface area contributed by atoms with Gasteiger partial charge >= 0.3 is 12.1 Å². The molecule has 0 spiro atoms. The van der Waals surface area contributed by atoms with Gasteiger partial charge in [0.2, 0.25) is 0 Å². The van der Waals surface area contributed by atoms with E-state index in [1.54, 1.807) is 25.2 Å². The van der Waals surface area contributed by atoms with E-state index in [0.717, 1.165) is 12.0 Å². The van der Waals surface area contributed by atoms with Crippen LogP contribution in [0.3, 0.4) is 0 Å². The molecule has 0 aromatic carbocycles. The number of nitrogens with two attached hydrogens (primary N) is 1. The summed E-state index contributed by atoms with van der Waals surface area (Å²) in [5.74, 6) is -1.56. The van der Waals surface area contributed by atoms with Crippen LogP contribution in [0.2, 0.25) is 0 Å². The maximum atomic E-state index is 12.0. The van der Waals surface area contributed by atoms with E-state index in [4.69, 9.17) is 19.9 Å². The average molecular weight is 592 g/mol. The zero-order chi connectivity index (χ0) is 31.7. The number of esters is 1. The Morgan fingerprint density at radius 2 is 1.79 bits per heavy atom. The summed E-state index contributed by atoms with van der Waals surface area (Å²) in [6.07, 6.45) is 7.64. The van der Waals surface area contributed by atoms with E-state index in [-0.39, 0.29) is 48.0 Å². The van der Waals surface area contributed by atoms with Crippen molar-refractivity contribution in [3.05, 3.63) is 48.6 Å². The number of hydrogen-bond donors (Lipinski definition) is 4. The lowest BCUT2D eigenvalue weighted by atomic mass is 9.78. The van der Waals surface area contributed by atoms with Gasteiger partial charge in [-0.05, 0) is 20.3 Å². The van der Waals surface area contributed by atoms with E-state index >= 15 is 0 Å². The number of carbonyl (C=O) groups is 2. The van der Waals surface area contributed by atoms with Crippen molar-refractivity contribution in [2.75, 3.05) is 6.61 Å². The normalized spacial score (nSPS) is 31.9. The summed E-state index contributed by atoms with van der Waals surface area (Å²) in [6.45, 7) is 17.6. The second kappa shape index (κ2) is 16.4. The molecule has 2 rings (SSSR count). The molecule has 2 heterocycles. The topological polar surface area (TPSA) is 149 Å². The van der Waals surface area contributed by atoms with Gasteiger partial charge in [-0.3, -0.25) is 4.79 Å². The number of carbonyl (C=O) groups excluding carboxylic acids is 2. The fraction of sp³-hybridized carbons (Fsp3) is 0.697. The van der Waals surface area contributed by atoms with E-state index in [2.05, 4.69) is 12.7 Å². The largest absolute Gasteiger partial charge is 0.462 e. The van der Waals surface area contributed by atoms with Crippen molar-refractivity contribution in [3.8, 4) is 0 Å². The van der Waals surface area contributed by atoms with Crippen molar-refractivity contribution in [2.24, 2.45) is 47.2 Å². The molecule has 2 fully saturated rings. The monoisotopic (exact) mass is 591 g/mol. The summed E-state index contributed by atoms with van der Waals surface area (Å²) >= 11 is 0. The number of ether oxygens (including phenoxy) is 3. The number of amides is 1. The lowest BCUT2D eigenvalue weighted by Crippen LogP contribution is -2.50. The van der Waals surface area contributed by atoms with Gasteiger partial charge in [-0.1, -0.05) is 83.2 Å². The molecule has 0 saturated carbocycles. The number of hydrogen-bond acceptors (Lipinski definition) is 8. The molecular weight excluding hydrogens is 538 g/mol. The van der Waals surface area contributed by atoms with Crippen LogP contribution in [0.4, 0.5) is 4.79 Å². The maximum absolute atomic E-state index is 12.0. The Labute approximate surface area is 251 Å². The van der Waals surface area contributed by atoms with Gasteiger partial charge in [0.15, 0.2) is 0 Å². The molecule has 13 atom stereocenters. The number of aliphatic hydroxyl groups is 3. The quantitative estimate of drug-likeness (QED) is 0.125. The SMILES string of the molecule is C=C/C=C\[C@H](C)[C@H](OC(N)=O)[C@@H](C)[C@@H]1OC[C@H]1C/C(C)=C\[C@H](C)[C@@H](O)[C@@H](C)/C=C\[C@@H](O)C[C@@H]1OC(=O)[C@H](C)[C@@H](O)[C@H]1C. The van der Waals surface area contributed by atoms with Gasteiger partial charge < -0.3 is 35.3 Å². The van der Waals surface area contributed by atoms with E-state index < -0.39 is 48.5 Å². The van der Waals surface area contributed by atoms with Gasteiger partial charge in [-0.2, -0.15) is 0 Å². The molecule has 0 radical (unpaired) electrons. The molecule has 2 aliphatic heterocycles. The van der Waals surface area contributed by atoms with Crippen LogP contribution in [0.25, 0.3) is 0 Å². The smallest absolute Gasteiger partial charge is 0.404 e. The predicted octanol–water partition coefficient (Wildman–Crippen LogP) is 4.31. The minimum atomic E-state index is -0.872. The Hall–Kier alpha value is -2.46. The average Bonchev–Trinajstić information content (AvgIpc) is 2.92. The highest BCUT2D eigenvalue weighted by molar-refractivity contribution is 5.73. The fourth-order valence-corrected chi connectivity index (χ4v) is 6.16. The molecule has 9 nitrogen and oxygen atoms in total. The van der Waals surface area contributed by atoms with Crippen molar-refractivity contribution in [3.63, 3.8) is 0 Å². The Morgan fingerprint density at radius 3 is 2.36 bits per heavy atom. The van der Waals surface area contributed by atoms with E-state index in [9.17, 15) is 24.9 Å². The van der Waals surface area contributed by atoms with Crippen LogP contribution in [-0.2, 0) is 19.0 Å². The van der Waals surface area contributed by atoms with Gasteiger partial charge in [0.25, 0.3) is 0 Å². The first-order chi connectivity index (χ1) is 19.7. The third-order valence-electron chi connectivity index (χ3n) is 8.92. The zero-order valence-electron chi connectivity index (χ0n) is 26.3. The highest BCUT2D eigenvalue weighted by Gasteiger charge is 2.42. The third kappa shape index (κ3) is 9.79. The molecule has 2 aliphatic rings. The molecule has 1 amide bonds. The van der Waals surface area contributed by atoms with Crippen LogP contribution in [0.15, 0.2) is 48.6 Å². The maximum Gasteiger partial charge on any atom is 0.404 e. The third-order valence-corrected chi connectivity index (χ3v) is 8.92. The molecule has 0 aromatic heterocycles. The molecule has 0 unspecified atom stereocenters. The molecule has 9 heteroatoms. The van der Waals surface area contributed by atoms with Gasteiger partial charge in [0.05, 0.1) is 36.9 Å². The summed E-state index contributed by atoms with van der Waals surface area (Å²) < 4.78 is 16.8. The molecule has 2 saturated heterocycles. The number of allylic oxidation sites excluding steroid dienone is 3. The standard InChI is InChI=1S/C33H53NO8/c1-9-10-11-20(4)30(42-33(34)39)24(8)31-25(17-40-31)15-18(2)14-21(5)28(36)19(3)12-13-26(35)16-27-22(6)29(37)23(7)32(38)41-27/h9-14,19-31,35-37H,1,15-17H2,2-8H3,(H2,34,39)/b11-10-,13-12-,18-14-/t19-,20-,21-,22-,23+,24+,25+,26+,27-,28-,29-,30-,31-/m0/s1. The zero-order valence-corrected chi connectivity index (χ0v) is 26.3. The molecular formula is C33H53NO8. The first kappa shape index (κ1) is 35.7. The van der Waals surface area contributed by atoms with Gasteiger partial charge in [0, 0.05) is 41.9 Å². The summed E-state index contributed by atoms with van der Waals surface area (Å²) in [7, 11) is 0. The minimum absolute atomic E-state index is 0.0633. The first-order valence-electron chi connectivity index (χ1n) is 15.1. The van der Waals surface area contributed by atoms with Crippen LogP contribution < -0.4 is 5.73 Å². The van der Waals surface area contributed by atoms with E-state index in [1.165, 1.54) is 0 Å². The molecule has 238 valence electrons. The Bertz CT molecular complexity index is 993. The minimum Gasteiger partial charge on any atom is -0.462 e. The highest BCUT2D eigenvalue weighted by atomic mass is 16.6. The first-order valence-corrected chi connectivity index (χ1v) is 15.1. The van der Waals surface area contributed by atoms with Crippen molar-refractivity contribution in [2.45, 2.75) is 97.9 Å². The molecule has 0 aromatic rings. The molecule has 5 N–H and O–H groups in total. The molecule has 0 aliphatic carbocycles. The number of primary amides is 1. The summed E-state index contributed by atoms with van der Waals surface area (Å²) in [6, 6.07) is 0. The van der Waals surface area contributed by atoms with Crippen LogP contribution in [-0.4, -0.2) is 70.6 Å². The molecule has 0 bridgehead atoms. The van der Waals surface area contributed by atoms with E-state index in [1.807, 2.05) is 53.7 Å². The molecule has 42 heavy (non-hydrogen) atoms. The second-order valence-electron chi connectivity index (χ2n) is 12.5. The number of cyclic esters (lactones) is 1. The van der Waals surface area contributed by atoms with Gasteiger partial charge in [0.1, 0.15) is 12.2 Å². The van der Waals surface area contributed by atoms with Gasteiger partial charge in [-0.25, -0.2) is 4.79 Å². The lowest BCUT2D eigenvalue weighted by Gasteiger charge is -2.44. The summed E-state index contributed by atoms with van der Waals surface area (Å²) in [4.78, 5) is 23.6. The Kier molecular flexibility index (Phi) is 14.0. The van der Waals surface area contributed by atoms with Crippen molar-refractivity contribution < 1.29 is 39.1 Å².